The number of hydrogen-bond acceptors (Lipinski definition) is 1. The molecule has 0 aliphatic heterocycles. The lowest BCUT2D eigenvalue weighted by molar-refractivity contribution is 0.478. The van der Waals surface area contributed by atoms with Gasteiger partial charge in [-0.1, -0.05) is 29.8 Å². The number of rotatable bonds is 3. The number of ether oxygens (including phenoxy) is 1. The monoisotopic (exact) mass is 280 g/mol. The Morgan fingerprint density at radius 3 is 2.50 bits per heavy atom. The Hall–Kier alpha value is -1.18. The van der Waals surface area contributed by atoms with E-state index in [1.54, 1.807) is 0 Å². The van der Waals surface area contributed by atoms with Crippen molar-refractivity contribution in [3.63, 3.8) is 0 Å². The van der Waals surface area contributed by atoms with E-state index in [1.807, 2.05) is 50.2 Å². The van der Waals surface area contributed by atoms with E-state index in [2.05, 4.69) is 0 Å². The molecule has 1 nitrogen and oxygen atoms in total. The van der Waals surface area contributed by atoms with Gasteiger partial charge in [-0.3, -0.25) is 0 Å². The van der Waals surface area contributed by atoms with Gasteiger partial charge in [-0.05, 0) is 48.7 Å². The molecule has 0 saturated carbocycles. The number of aryl methyl sites for hydroxylation is 2. The van der Waals surface area contributed by atoms with Crippen LogP contribution in [0.25, 0.3) is 0 Å². The van der Waals surface area contributed by atoms with Crippen molar-refractivity contribution in [3.8, 4) is 11.5 Å². The summed E-state index contributed by atoms with van der Waals surface area (Å²) in [5, 5.41) is 0.608. The normalized spacial score (nSPS) is 10.4. The minimum atomic E-state index is 0.470. The summed E-state index contributed by atoms with van der Waals surface area (Å²) < 4.78 is 5.87. The molecule has 18 heavy (non-hydrogen) atoms. The fourth-order valence-electron chi connectivity index (χ4n) is 1.64. The zero-order chi connectivity index (χ0) is 13.1. The second-order valence-corrected chi connectivity index (χ2v) is 4.94. The van der Waals surface area contributed by atoms with Gasteiger partial charge in [0.05, 0.1) is 5.02 Å². The van der Waals surface area contributed by atoms with Gasteiger partial charge in [-0.25, -0.2) is 0 Å². The largest absolute Gasteiger partial charge is 0.456 e. The van der Waals surface area contributed by atoms with Crippen LogP contribution in [0.3, 0.4) is 0 Å². The van der Waals surface area contributed by atoms with E-state index in [4.69, 9.17) is 27.9 Å². The molecule has 0 aromatic heterocycles. The van der Waals surface area contributed by atoms with Gasteiger partial charge in [0.1, 0.15) is 11.5 Å². The number of benzene rings is 2. The van der Waals surface area contributed by atoms with Crippen molar-refractivity contribution in [1.82, 2.24) is 0 Å². The van der Waals surface area contributed by atoms with E-state index in [9.17, 15) is 0 Å². The molecule has 0 aliphatic carbocycles. The molecule has 2 aromatic carbocycles. The van der Waals surface area contributed by atoms with Crippen LogP contribution in [0.5, 0.6) is 11.5 Å². The molecule has 0 fully saturated rings. The lowest BCUT2D eigenvalue weighted by Gasteiger charge is -2.11. The Labute approximate surface area is 117 Å². The Morgan fingerprint density at radius 2 is 1.78 bits per heavy atom. The summed E-state index contributed by atoms with van der Waals surface area (Å²) in [5.41, 5.74) is 3.20. The zero-order valence-electron chi connectivity index (χ0n) is 10.3. The van der Waals surface area contributed by atoms with Crippen LogP contribution in [-0.4, -0.2) is 0 Å². The second kappa shape index (κ2) is 5.64. The third-order valence-corrected chi connectivity index (χ3v) is 3.33. The molecule has 0 heterocycles. The van der Waals surface area contributed by atoms with Crippen molar-refractivity contribution >= 4 is 23.2 Å². The first kappa shape index (κ1) is 13.3. The van der Waals surface area contributed by atoms with Gasteiger partial charge in [-0.15, -0.1) is 11.6 Å². The Balaban J connectivity index is 2.36. The highest BCUT2D eigenvalue weighted by Gasteiger charge is 2.06. The van der Waals surface area contributed by atoms with Gasteiger partial charge in [0.15, 0.2) is 0 Å². The van der Waals surface area contributed by atoms with Crippen molar-refractivity contribution < 1.29 is 4.74 Å². The minimum Gasteiger partial charge on any atom is -0.456 e. The SMILES string of the molecule is Cc1ccc(Cl)c(Oc2cc(CCl)ccc2C)c1. The van der Waals surface area contributed by atoms with Gasteiger partial charge in [0, 0.05) is 5.88 Å². The Kier molecular flexibility index (Phi) is 4.15. The minimum absolute atomic E-state index is 0.470. The van der Waals surface area contributed by atoms with Crippen LogP contribution in [0, 0.1) is 13.8 Å². The fourth-order valence-corrected chi connectivity index (χ4v) is 1.97. The predicted molar refractivity (Wildman–Crippen MR) is 77.0 cm³/mol. The summed E-state index contributed by atoms with van der Waals surface area (Å²) in [7, 11) is 0. The molecular formula is C15H14Cl2O. The molecule has 0 saturated heterocycles. The van der Waals surface area contributed by atoms with Crippen LogP contribution in [0.1, 0.15) is 16.7 Å². The summed E-state index contributed by atoms with van der Waals surface area (Å²) in [4.78, 5) is 0. The molecule has 0 aliphatic rings. The average Bonchev–Trinajstić information content (AvgIpc) is 2.36. The average molecular weight is 281 g/mol. The molecule has 2 aromatic rings. The molecular weight excluding hydrogens is 267 g/mol. The van der Waals surface area contributed by atoms with Crippen LogP contribution in [0.4, 0.5) is 0 Å². The predicted octanol–water partition coefficient (Wildman–Crippen LogP) is 5.49. The zero-order valence-corrected chi connectivity index (χ0v) is 11.8. The summed E-state index contributed by atoms with van der Waals surface area (Å²) in [6, 6.07) is 11.7. The summed E-state index contributed by atoms with van der Waals surface area (Å²) in [6.07, 6.45) is 0. The lowest BCUT2D eigenvalue weighted by atomic mass is 10.1. The van der Waals surface area contributed by atoms with E-state index >= 15 is 0 Å². The van der Waals surface area contributed by atoms with Crippen LogP contribution in [0.2, 0.25) is 5.02 Å². The summed E-state index contributed by atoms with van der Waals surface area (Å²) in [5.74, 6) is 1.94. The molecule has 0 spiro atoms. The smallest absolute Gasteiger partial charge is 0.146 e. The van der Waals surface area contributed by atoms with E-state index in [0.717, 1.165) is 22.4 Å². The maximum absolute atomic E-state index is 6.12. The van der Waals surface area contributed by atoms with Crippen molar-refractivity contribution in [1.29, 1.82) is 0 Å². The lowest BCUT2D eigenvalue weighted by Crippen LogP contribution is -1.91. The third kappa shape index (κ3) is 2.98. The van der Waals surface area contributed by atoms with E-state index in [0.29, 0.717) is 16.7 Å². The van der Waals surface area contributed by atoms with Crippen molar-refractivity contribution in [3.05, 3.63) is 58.1 Å². The first-order valence-corrected chi connectivity index (χ1v) is 6.61. The number of alkyl halides is 1. The van der Waals surface area contributed by atoms with E-state index in [-0.39, 0.29) is 0 Å². The Morgan fingerprint density at radius 1 is 1.00 bits per heavy atom. The van der Waals surface area contributed by atoms with E-state index in [1.165, 1.54) is 0 Å². The van der Waals surface area contributed by atoms with Crippen LogP contribution < -0.4 is 4.74 Å². The maximum atomic E-state index is 6.12. The molecule has 0 atom stereocenters. The van der Waals surface area contributed by atoms with E-state index < -0.39 is 0 Å². The van der Waals surface area contributed by atoms with Crippen LogP contribution in [0.15, 0.2) is 36.4 Å². The highest BCUT2D eigenvalue weighted by Crippen LogP contribution is 2.32. The fraction of sp³-hybridized carbons (Fsp3) is 0.200. The highest BCUT2D eigenvalue weighted by atomic mass is 35.5. The van der Waals surface area contributed by atoms with Crippen LogP contribution in [-0.2, 0) is 5.88 Å². The second-order valence-electron chi connectivity index (χ2n) is 4.27. The quantitative estimate of drug-likeness (QED) is 0.676. The van der Waals surface area contributed by atoms with Gasteiger partial charge in [-0.2, -0.15) is 0 Å². The van der Waals surface area contributed by atoms with Crippen molar-refractivity contribution in [2.75, 3.05) is 0 Å². The molecule has 0 bridgehead atoms. The molecule has 0 unspecified atom stereocenters. The first-order chi connectivity index (χ1) is 8.60. The van der Waals surface area contributed by atoms with Crippen LogP contribution >= 0.6 is 23.2 Å². The topological polar surface area (TPSA) is 9.23 Å². The molecule has 0 radical (unpaired) electrons. The Bertz CT molecular complexity index is 564. The standard InChI is InChI=1S/C15H14Cl2O/c1-10-3-6-13(17)15(7-10)18-14-8-12(9-16)5-4-11(14)2/h3-8H,9H2,1-2H3. The highest BCUT2D eigenvalue weighted by molar-refractivity contribution is 6.32. The van der Waals surface area contributed by atoms with Gasteiger partial charge < -0.3 is 4.74 Å². The molecule has 0 N–H and O–H groups in total. The number of halogens is 2. The third-order valence-electron chi connectivity index (χ3n) is 2.71. The van der Waals surface area contributed by atoms with Gasteiger partial charge in [0.25, 0.3) is 0 Å². The first-order valence-electron chi connectivity index (χ1n) is 5.69. The summed E-state index contributed by atoms with van der Waals surface area (Å²) >= 11 is 12.0. The summed E-state index contributed by atoms with van der Waals surface area (Å²) in [6.45, 7) is 4.00. The molecule has 0 amide bonds. The van der Waals surface area contributed by atoms with Crippen molar-refractivity contribution in [2.24, 2.45) is 0 Å². The molecule has 94 valence electrons. The molecule has 3 heteroatoms. The van der Waals surface area contributed by atoms with Crippen molar-refractivity contribution in [2.45, 2.75) is 19.7 Å². The van der Waals surface area contributed by atoms with Gasteiger partial charge in [0.2, 0.25) is 0 Å². The molecule has 2 rings (SSSR count). The maximum Gasteiger partial charge on any atom is 0.146 e. The van der Waals surface area contributed by atoms with Gasteiger partial charge >= 0.3 is 0 Å². The number of hydrogen-bond donors (Lipinski definition) is 0.